The van der Waals surface area contributed by atoms with Crippen LogP contribution >= 0.6 is 11.8 Å². The molecule has 1 amide bonds. The van der Waals surface area contributed by atoms with Crippen LogP contribution in [-0.2, 0) is 4.79 Å². The lowest BCUT2D eigenvalue weighted by molar-refractivity contribution is -0.137. The molecular weight excluding hydrogens is 228 g/mol. The van der Waals surface area contributed by atoms with Crippen LogP contribution in [0.25, 0.3) is 0 Å². The van der Waals surface area contributed by atoms with Crippen molar-refractivity contribution in [1.82, 2.24) is 4.90 Å². The second kappa shape index (κ2) is 8.41. The minimum absolute atomic E-state index is 0.0830. The van der Waals surface area contributed by atoms with Crippen molar-refractivity contribution < 1.29 is 14.7 Å². The molecule has 0 fully saturated rings. The van der Waals surface area contributed by atoms with Gasteiger partial charge in [-0.25, -0.2) is 0 Å². The summed E-state index contributed by atoms with van der Waals surface area (Å²) in [7, 11) is 0. The van der Waals surface area contributed by atoms with Gasteiger partial charge >= 0.3 is 5.97 Å². The van der Waals surface area contributed by atoms with Crippen molar-refractivity contribution in [3.8, 4) is 0 Å². The Morgan fingerprint density at radius 3 is 2.19 bits per heavy atom. The number of carbonyl (C=O) groups excluding carboxylic acids is 1. The van der Waals surface area contributed by atoms with Crippen molar-refractivity contribution >= 4 is 23.0 Å². The van der Waals surface area contributed by atoms with Crippen LogP contribution in [0.3, 0.4) is 0 Å². The predicted molar refractivity (Wildman–Crippen MR) is 65.6 cm³/mol. The average Bonchev–Trinajstić information content (AvgIpc) is 2.24. The molecule has 0 radical (unpaired) electrons. The number of carbonyl (C=O) groups is 2. The van der Waals surface area contributed by atoms with Crippen LogP contribution in [0, 0.1) is 0 Å². The summed E-state index contributed by atoms with van der Waals surface area (Å²) in [6, 6.07) is -0.973. The summed E-state index contributed by atoms with van der Waals surface area (Å²) >= 11 is 0.982. The first-order valence-corrected chi connectivity index (χ1v) is 6.41. The van der Waals surface area contributed by atoms with Gasteiger partial charge in [0.25, 0.3) is 5.24 Å². The van der Waals surface area contributed by atoms with Gasteiger partial charge in [-0.15, -0.1) is 0 Å². The summed E-state index contributed by atoms with van der Waals surface area (Å²) in [5.74, 6) is -0.948. The Labute approximate surface area is 100 Å². The van der Waals surface area contributed by atoms with Crippen molar-refractivity contribution in [3.05, 3.63) is 0 Å². The summed E-state index contributed by atoms with van der Waals surface area (Å²) in [4.78, 5) is 23.9. The van der Waals surface area contributed by atoms with Gasteiger partial charge in [0.15, 0.2) is 0 Å². The molecule has 0 aromatic rings. The summed E-state index contributed by atoms with van der Waals surface area (Å²) < 4.78 is 0. The molecule has 0 aliphatic rings. The average molecular weight is 248 g/mol. The Bertz CT molecular complexity index is 230. The zero-order valence-corrected chi connectivity index (χ0v) is 10.6. The molecule has 0 saturated carbocycles. The van der Waals surface area contributed by atoms with Crippen molar-refractivity contribution in [2.45, 2.75) is 32.7 Å². The largest absolute Gasteiger partial charge is 0.480 e. The molecule has 1 unspecified atom stereocenters. The highest BCUT2D eigenvalue weighted by atomic mass is 32.2. The van der Waals surface area contributed by atoms with Crippen LogP contribution in [0.15, 0.2) is 0 Å². The maximum atomic E-state index is 11.7. The second-order valence-corrected chi connectivity index (χ2v) is 4.48. The van der Waals surface area contributed by atoms with Gasteiger partial charge in [-0.3, -0.25) is 9.59 Å². The topological polar surface area (TPSA) is 83.6 Å². The van der Waals surface area contributed by atoms with Gasteiger partial charge in [0.05, 0.1) is 0 Å². The second-order valence-electron chi connectivity index (χ2n) is 3.51. The number of aliphatic carboxylic acids is 1. The molecule has 94 valence electrons. The molecule has 1 atom stereocenters. The van der Waals surface area contributed by atoms with Crippen LogP contribution in [0.1, 0.15) is 26.7 Å². The molecule has 0 saturated heterocycles. The lowest BCUT2D eigenvalue weighted by atomic mass is 10.4. The fourth-order valence-corrected chi connectivity index (χ4v) is 1.99. The first kappa shape index (κ1) is 15.2. The number of rotatable bonds is 7. The van der Waals surface area contributed by atoms with E-state index in [0.717, 1.165) is 24.6 Å². The van der Waals surface area contributed by atoms with Gasteiger partial charge in [-0.1, -0.05) is 25.6 Å². The van der Waals surface area contributed by atoms with E-state index in [1.807, 2.05) is 13.8 Å². The molecular formula is C10H20N2O3S. The number of carboxylic acids is 1. The van der Waals surface area contributed by atoms with E-state index in [1.165, 1.54) is 0 Å². The van der Waals surface area contributed by atoms with Crippen molar-refractivity contribution in [2.75, 3.05) is 18.8 Å². The summed E-state index contributed by atoms with van der Waals surface area (Å²) in [5.41, 5.74) is 5.32. The minimum Gasteiger partial charge on any atom is -0.480 e. The monoisotopic (exact) mass is 248 g/mol. The molecule has 3 N–H and O–H groups in total. The number of hydrogen-bond acceptors (Lipinski definition) is 4. The molecule has 0 rings (SSSR count). The number of amides is 1. The quantitative estimate of drug-likeness (QED) is 0.711. The predicted octanol–water partition coefficient (Wildman–Crippen LogP) is 1.37. The van der Waals surface area contributed by atoms with E-state index < -0.39 is 12.0 Å². The third-order valence-electron chi connectivity index (χ3n) is 1.95. The maximum Gasteiger partial charge on any atom is 0.321 e. The number of nitrogens with zero attached hydrogens (tertiary/aromatic N) is 1. The number of hydrogen-bond donors (Lipinski definition) is 2. The highest BCUT2D eigenvalue weighted by molar-refractivity contribution is 8.13. The Balaban J connectivity index is 4.04. The van der Waals surface area contributed by atoms with Gasteiger partial charge in [0, 0.05) is 18.8 Å². The van der Waals surface area contributed by atoms with E-state index in [-0.39, 0.29) is 11.0 Å². The lowest BCUT2D eigenvalue weighted by Crippen LogP contribution is -2.35. The van der Waals surface area contributed by atoms with Crippen LogP contribution in [-0.4, -0.2) is 46.1 Å². The molecule has 0 heterocycles. The van der Waals surface area contributed by atoms with E-state index in [2.05, 4.69) is 0 Å². The smallest absolute Gasteiger partial charge is 0.321 e. The standard InChI is InChI=1S/C10H20N2O3S/c1-3-5-12(6-4-2)10(15)16-7-8(11)9(13)14/h8H,3-7,11H2,1-2H3,(H,13,14). The SMILES string of the molecule is CCCN(CCC)C(=O)SCC(N)C(=O)O. The fourth-order valence-electron chi connectivity index (χ4n) is 1.16. The highest BCUT2D eigenvalue weighted by Crippen LogP contribution is 2.11. The van der Waals surface area contributed by atoms with Gasteiger partial charge in [-0.05, 0) is 12.8 Å². The fraction of sp³-hybridized carbons (Fsp3) is 0.800. The van der Waals surface area contributed by atoms with E-state index in [9.17, 15) is 9.59 Å². The van der Waals surface area contributed by atoms with Crippen LogP contribution in [0.5, 0.6) is 0 Å². The molecule has 0 aromatic carbocycles. The highest BCUT2D eigenvalue weighted by Gasteiger charge is 2.17. The summed E-state index contributed by atoms with van der Waals surface area (Å²) in [6.45, 7) is 5.43. The van der Waals surface area contributed by atoms with Crippen LogP contribution in [0.2, 0.25) is 0 Å². The number of nitrogens with two attached hydrogens (primary N) is 1. The van der Waals surface area contributed by atoms with Crippen molar-refractivity contribution in [3.63, 3.8) is 0 Å². The first-order chi connectivity index (χ1) is 7.52. The number of thioether (sulfide) groups is 1. The normalized spacial score (nSPS) is 12.2. The molecule has 5 nitrogen and oxygen atoms in total. The zero-order valence-electron chi connectivity index (χ0n) is 9.81. The molecule has 16 heavy (non-hydrogen) atoms. The summed E-state index contributed by atoms with van der Waals surface area (Å²) in [6.07, 6.45) is 1.80. The van der Waals surface area contributed by atoms with Gasteiger partial charge in [-0.2, -0.15) is 0 Å². The van der Waals surface area contributed by atoms with Crippen LogP contribution < -0.4 is 5.73 Å². The van der Waals surface area contributed by atoms with E-state index >= 15 is 0 Å². The Morgan fingerprint density at radius 2 is 1.81 bits per heavy atom. The van der Waals surface area contributed by atoms with Crippen molar-refractivity contribution in [2.24, 2.45) is 5.73 Å². The molecule has 0 spiro atoms. The Kier molecular flexibility index (Phi) is 8.01. The van der Waals surface area contributed by atoms with E-state index in [0.29, 0.717) is 13.1 Å². The first-order valence-electron chi connectivity index (χ1n) is 5.43. The minimum atomic E-state index is -1.07. The summed E-state index contributed by atoms with van der Waals surface area (Å²) in [5, 5.41) is 8.49. The van der Waals surface area contributed by atoms with E-state index in [1.54, 1.807) is 4.90 Å². The van der Waals surface area contributed by atoms with Gasteiger partial charge in [0.2, 0.25) is 0 Å². The van der Waals surface area contributed by atoms with Crippen molar-refractivity contribution in [1.29, 1.82) is 0 Å². The van der Waals surface area contributed by atoms with Gasteiger partial charge in [0.1, 0.15) is 6.04 Å². The third kappa shape index (κ3) is 5.97. The molecule has 0 aromatic heterocycles. The lowest BCUT2D eigenvalue weighted by Gasteiger charge is -2.21. The maximum absolute atomic E-state index is 11.7. The van der Waals surface area contributed by atoms with Gasteiger partial charge < -0.3 is 15.7 Å². The van der Waals surface area contributed by atoms with Crippen LogP contribution in [0.4, 0.5) is 4.79 Å². The zero-order chi connectivity index (χ0) is 12.6. The molecule has 6 heteroatoms. The molecule has 0 aliphatic heterocycles. The third-order valence-corrected chi connectivity index (χ3v) is 2.98. The van der Waals surface area contributed by atoms with E-state index in [4.69, 9.17) is 10.8 Å². The Morgan fingerprint density at radius 1 is 1.31 bits per heavy atom. The number of carboxylic acid groups (broad SMARTS) is 1. The molecule has 0 bridgehead atoms. The Hall–Kier alpha value is -0.750. The molecule has 0 aliphatic carbocycles.